The summed E-state index contributed by atoms with van der Waals surface area (Å²) in [5.41, 5.74) is 1.19. The van der Waals surface area contributed by atoms with Crippen LogP contribution in [-0.4, -0.2) is 20.3 Å². The summed E-state index contributed by atoms with van der Waals surface area (Å²) in [6, 6.07) is 6.54. The van der Waals surface area contributed by atoms with E-state index in [0.29, 0.717) is 6.04 Å². The summed E-state index contributed by atoms with van der Waals surface area (Å²) >= 11 is 0. The molecule has 0 aromatic heterocycles. The van der Waals surface area contributed by atoms with Gasteiger partial charge in [0.1, 0.15) is 11.5 Å². The molecule has 0 spiro atoms. The fraction of sp³-hybridized carbons (Fsp3) is 0.647. The molecule has 20 heavy (non-hydrogen) atoms. The van der Waals surface area contributed by atoms with Crippen LogP contribution in [0.1, 0.15) is 45.6 Å². The lowest BCUT2D eigenvalue weighted by Crippen LogP contribution is -2.25. The molecule has 0 amide bonds. The van der Waals surface area contributed by atoms with E-state index in [0.717, 1.165) is 24.0 Å². The quantitative estimate of drug-likeness (QED) is 0.741. The van der Waals surface area contributed by atoms with E-state index in [1.165, 1.54) is 24.8 Å². The Hall–Kier alpha value is -1.22. The minimum atomic E-state index is 0.533. The van der Waals surface area contributed by atoms with Crippen molar-refractivity contribution in [2.75, 3.05) is 14.2 Å². The second-order valence-corrected chi connectivity index (χ2v) is 5.83. The number of rotatable bonds is 9. The van der Waals surface area contributed by atoms with Crippen molar-refractivity contribution in [3.05, 3.63) is 23.8 Å². The molecule has 3 heteroatoms. The molecular weight excluding hydrogens is 250 g/mol. The summed E-state index contributed by atoms with van der Waals surface area (Å²) in [6.07, 6.45) is 3.81. The first-order valence-electron chi connectivity index (χ1n) is 7.50. The van der Waals surface area contributed by atoms with E-state index >= 15 is 0 Å². The maximum atomic E-state index is 5.29. The number of hydrogen-bond acceptors (Lipinski definition) is 3. The van der Waals surface area contributed by atoms with Gasteiger partial charge in [0.15, 0.2) is 0 Å². The van der Waals surface area contributed by atoms with Crippen LogP contribution in [0.15, 0.2) is 18.2 Å². The van der Waals surface area contributed by atoms with Gasteiger partial charge < -0.3 is 14.8 Å². The van der Waals surface area contributed by atoms with Crippen molar-refractivity contribution in [1.82, 2.24) is 5.32 Å². The van der Waals surface area contributed by atoms with Crippen molar-refractivity contribution in [2.45, 2.75) is 52.6 Å². The lowest BCUT2D eigenvalue weighted by molar-refractivity contribution is 0.392. The number of ether oxygens (including phenoxy) is 2. The Kier molecular flexibility index (Phi) is 7.45. The Bertz CT molecular complexity index is 368. The molecule has 0 aliphatic heterocycles. The van der Waals surface area contributed by atoms with Crippen LogP contribution in [0.3, 0.4) is 0 Å². The Morgan fingerprint density at radius 2 is 1.55 bits per heavy atom. The average molecular weight is 279 g/mol. The molecular formula is C17H29NO2. The van der Waals surface area contributed by atoms with Gasteiger partial charge in [0.05, 0.1) is 14.2 Å². The van der Waals surface area contributed by atoms with Crippen LogP contribution >= 0.6 is 0 Å². The first-order chi connectivity index (χ1) is 9.55. The molecule has 0 saturated heterocycles. The summed E-state index contributed by atoms with van der Waals surface area (Å²) in [7, 11) is 3.36. The number of hydrogen-bond donors (Lipinski definition) is 1. The minimum Gasteiger partial charge on any atom is -0.497 e. The van der Waals surface area contributed by atoms with Gasteiger partial charge in [-0.25, -0.2) is 0 Å². The van der Waals surface area contributed by atoms with E-state index in [1.54, 1.807) is 14.2 Å². The highest BCUT2D eigenvalue weighted by Gasteiger charge is 2.05. The minimum absolute atomic E-state index is 0.533. The predicted molar refractivity (Wildman–Crippen MR) is 84.5 cm³/mol. The van der Waals surface area contributed by atoms with Crippen LogP contribution in [0.25, 0.3) is 0 Å². The fourth-order valence-corrected chi connectivity index (χ4v) is 2.19. The molecule has 0 heterocycles. The Balaban J connectivity index is 2.44. The number of methoxy groups -OCH3 is 2. The van der Waals surface area contributed by atoms with E-state index in [2.05, 4.69) is 38.2 Å². The first kappa shape index (κ1) is 16.8. The molecule has 0 bridgehead atoms. The van der Waals surface area contributed by atoms with Crippen LogP contribution in [0.2, 0.25) is 0 Å². The van der Waals surface area contributed by atoms with Gasteiger partial charge in [-0.3, -0.25) is 0 Å². The van der Waals surface area contributed by atoms with E-state index in [9.17, 15) is 0 Å². The number of benzene rings is 1. The zero-order chi connectivity index (χ0) is 15.0. The summed E-state index contributed by atoms with van der Waals surface area (Å²) < 4.78 is 10.6. The van der Waals surface area contributed by atoms with Crippen molar-refractivity contribution in [1.29, 1.82) is 0 Å². The molecule has 1 aromatic carbocycles. The van der Waals surface area contributed by atoms with Crippen molar-refractivity contribution in [2.24, 2.45) is 5.92 Å². The van der Waals surface area contributed by atoms with Crippen LogP contribution in [0.5, 0.6) is 11.5 Å². The van der Waals surface area contributed by atoms with Gasteiger partial charge >= 0.3 is 0 Å². The second kappa shape index (κ2) is 8.85. The Morgan fingerprint density at radius 3 is 2.05 bits per heavy atom. The molecule has 0 fully saturated rings. The van der Waals surface area contributed by atoms with Gasteiger partial charge in [-0.1, -0.05) is 26.7 Å². The molecule has 0 aliphatic carbocycles. The normalized spacial score (nSPS) is 12.5. The molecule has 1 atom stereocenters. The van der Waals surface area contributed by atoms with Gasteiger partial charge in [0.25, 0.3) is 0 Å². The number of nitrogens with one attached hydrogen (secondary N) is 1. The van der Waals surface area contributed by atoms with E-state index in [1.807, 2.05) is 6.07 Å². The van der Waals surface area contributed by atoms with Crippen molar-refractivity contribution < 1.29 is 9.47 Å². The summed E-state index contributed by atoms with van der Waals surface area (Å²) in [6.45, 7) is 7.65. The standard InChI is InChI=1S/C17H29NO2/c1-13(2)7-6-8-14(3)18-12-15-9-16(19-4)11-17(10-15)20-5/h9-11,13-14,18H,6-8,12H2,1-5H3. The van der Waals surface area contributed by atoms with Crippen LogP contribution in [0.4, 0.5) is 0 Å². The van der Waals surface area contributed by atoms with Gasteiger partial charge in [-0.05, 0) is 37.0 Å². The predicted octanol–water partition coefficient (Wildman–Crippen LogP) is 4.01. The molecule has 1 unspecified atom stereocenters. The zero-order valence-electron chi connectivity index (χ0n) is 13.5. The molecule has 1 aromatic rings. The monoisotopic (exact) mass is 279 g/mol. The maximum absolute atomic E-state index is 5.29. The highest BCUT2D eigenvalue weighted by Crippen LogP contribution is 2.22. The van der Waals surface area contributed by atoms with Gasteiger partial charge in [0, 0.05) is 18.7 Å². The highest BCUT2D eigenvalue weighted by molar-refractivity contribution is 5.38. The van der Waals surface area contributed by atoms with E-state index in [4.69, 9.17) is 9.47 Å². The molecule has 114 valence electrons. The third kappa shape index (κ3) is 6.29. The average Bonchev–Trinajstić information content (AvgIpc) is 2.44. The molecule has 0 saturated carbocycles. The van der Waals surface area contributed by atoms with Crippen LogP contribution in [0, 0.1) is 5.92 Å². The third-order valence-electron chi connectivity index (χ3n) is 3.48. The molecule has 0 aliphatic rings. The largest absolute Gasteiger partial charge is 0.497 e. The zero-order valence-corrected chi connectivity index (χ0v) is 13.5. The van der Waals surface area contributed by atoms with Gasteiger partial charge in [-0.15, -0.1) is 0 Å². The van der Waals surface area contributed by atoms with E-state index < -0.39 is 0 Å². The topological polar surface area (TPSA) is 30.5 Å². The van der Waals surface area contributed by atoms with Crippen LogP contribution < -0.4 is 14.8 Å². The second-order valence-electron chi connectivity index (χ2n) is 5.83. The molecule has 1 rings (SSSR count). The molecule has 3 nitrogen and oxygen atoms in total. The molecule has 0 radical (unpaired) electrons. The summed E-state index contributed by atoms with van der Waals surface area (Å²) in [5.74, 6) is 2.48. The van der Waals surface area contributed by atoms with Crippen LogP contribution in [-0.2, 0) is 6.54 Å². The maximum Gasteiger partial charge on any atom is 0.122 e. The SMILES string of the molecule is COc1cc(CNC(C)CCCC(C)C)cc(OC)c1. The van der Waals surface area contributed by atoms with Crippen molar-refractivity contribution >= 4 is 0 Å². The lowest BCUT2D eigenvalue weighted by atomic mass is 10.0. The third-order valence-corrected chi connectivity index (χ3v) is 3.48. The first-order valence-corrected chi connectivity index (χ1v) is 7.50. The lowest BCUT2D eigenvalue weighted by Gasteiger charge is -2.15. The fourth-order valence-electron chi connectivity index (χ4n) is 2.19. The van der Waals surface area contributed by atoms with Crippen molar-refractivity contribution in [3.8, 4) is 11.5 Å². The smallest absolute Gasteiger partial charge is 0.122 e. The van der Waals surface area contributed by atoms with Crippen molar-refractivity contribution in [3.63, 3.8) is 0 Å². The van der Waals surface area contributed by atoms with E-state index in [-0.39, 0.29) is 0 Å². The van der Waals surface area contributed by atoms with Gasteiger partial charge in [0.2, 0.25) is 0 Å². The Morgan fingerprint density at radius 1 is 0.950 bits per heavy atom. The highest BCUT2D eigenvalue weighted by atomic mass is 16.5. The Labute approximate surface area is 123 Å². The summed E-state index contributed by atoms with van der Waals surface area (Å²) in [4.78, 5) is 0. The molecule has 1 N–H and O–H groups in total. The summed E-state index contributed by atoms with van der Waals surface area (Å²) in [5, 5.41) is 3.56. The van der Waals surface area contributed by atoms with Gasteiger partial charge in [-0.2, -0.15) is 0 Å².